The fourth-order valence-electron chi connectivity index (χ4n) is 3.85. The number of fused-ring (bicyclic) bond motifs is 1. The highest BCUT2D eigenvalue weighted by molar-refractivity contribution is 5.77. The molecule has 140 valence electrons. The van der Waals surface area contributed by atoms with Gasteiger partial charge in [-0.25, -0.2) is 4.98 Å². The summed E-state index contributed by atoms with van der Waals surface area (Å²) < 4.78 is 13.1. The van der Waals surface area contributed by atoms with Gasteiger partial charge in [-0.2, -0.15) is 0 Å². The summed E-state index contributed by atoms with van der Waals surface area (Å²) in [6.45, 7) is 7.21. The Kier molecular flexibility index (Phi) is 5.08. The zero-order valence-electron chi connectivity index (χ0n) is 15.3. The normalized spacial score (nSPS) is 20.5. The molecule has 0 aromatic carbocycles. The molecule has 2 aliphatic heterocycles. The van der Waals surface area contributed by atoms with Gasteiger partial charge in [0.25, 0.3) is 0 Å². The van der Waals surface area contributed by atoms with E-state index in [4.69, 9.17) is 9.15 Å². The van der Waals surface area contributed by atoms with E-state index in [0.717, 1.165) is 57.1 Å². The molecule has 2 aliphatic rings. The molecule has 4 heterocycles. The minimum atomic E-state index is 0.0977. The van der Waals surface area contributed by atoms with E-state index in [-0.39, 0.29) is 18.6 Å². The Bertz CT molecular complexity index is 734. The van der Waals surface area contributed by atoms with Crippen molar-refractivity contribution in [2.45, 2.75) is 45.5 Å². The molecule has 26 heavy (non-hydrogen) atoms. The zero-order valence-corrected chi connectivity index (χ0v) is 15.3. The van der Waals surface area contributed by atoms with Crippen molar-refractivity contribution in [3.05, 3.63) is 41.9 Å². The second-order valence-corrected chi connectivity index (χ2v) is 7.12. The summed E-state index contributed by atoms with van der Waals surface area (Å²) in [6.07, 6.45) is 7.60. The Morgan fingerprint density at radius 1 is 1.31 bits per heavy atom. The first-order chi connectivity index (χ1) is 12.7. The quantitative estimate of drug-likeness (QED) is 0.792. The number of imidazole rings is 1. The van der Waals surface area contributed by atoms with Crippen LogP contribution in [0.3, 0.4) is 0 Å². The Balaban J connectivity index is 1.33. The molecule has 1 saturated heterocycles. The summed E-state index contributed by atoms with van der Waals surface area (Å²) in [7, 11) is 0. The lowest BCUT2D eigenvalue weighted by Gasteiger charge is -2.34. The second-order valence-electron chi connectivity index (χ2n) is 7.12. The molecular weight excluding hydrogens is 332 g/mol. The number of rotatable bonds is 6. The van der Waals surface area contributed by atoms with Crippen molar-refractivity contribution in [1.82, 2.24) is 19.4 Å². The van der Waals surface area contributed by atoms with Crippen LogP contribution in [-0.2, 0) is 29.2 Å². The molecule has 2 aromatic rings. The third kappa shape index (κ3) is 3.54. The molecule has 0 saturated carbocycles. The summed E-state index contributed by atoms with van der Waals surface area (Å²) in [5.74, 6) is 1.16. The average Bonchev–Trinajstić information content (AvgIpc) is 3.39. The van der Waals surface area contributed by atoms with Gasteiger partial charge in [0.2, 0.25) is 5.91 Å². The van der Waals surface area contributed by atoms with E-state index in [1.165, 1.54) is 5.56 Å². The number of hydrogen-bond donors (Lipinski definition) is 0. The molecule has 2 aromatic heterocycles. The molecule has 0 bridgehead atoms. The maximum Gasteiger partial charge on any atom is 0.248 e. The van der Waals surface area contributed by atoms with Crippen molar-refractivity contribution in [3.8, 4) is 0 Å². The molecule has 7 nitrogen and oxygen atoms in total. The molecule has 1 atom stereocenters. The van der Waals surface area contributed by atoms with Gasteiger partial charge in [-0.15, -0.1) is 0 Å². The largest absolute Gasteiger partial charge is 0.472 e. The predicted molar refractivity (Wildman–Crippen MR) is 95.2 cm³/mol. The fraction of sp³-hybridized carbons (Fsp3) is 0.579. The van der Waals surface area contributed by atoms with Gasteiger partial charge in [0.15, 0.2) is 0 Å². The number of hydrogen-bond acceptors (Lipinski definition) is 5. The van der Waals surface area contributed by atoms with Gasteiger partial charge in [0.1, 0.15) is 12.4 Å². The van der Waals surface area contributed by atoms with Crippen LogP contribution in [0.1, 0.15) is 42.9 Å². The fourth-order valence-corrected chi connectivity index (χ4v) is 3.85. The molecule has 7 heteroatoms. The van der Waals surface area contributed by atoms with Crippen LogP contribution < -0.4 is 0 Å². The first kappa shape index (κ1) is 17.3. The topological polar surface area (TPSA) is 63.7 Å². The zero-order chi connectivity index (χ0) is 17.9. The van der Waals surface area contributed by atoms with E-state index >= 15 is 0 Å². The standard InChI is InChI=1S/C19H26N4O3/c1-15-19-20-10-17(13-26-14-18(24)21-5-2-3-6-21)23(19)8-7-22(15)11-16-4-9-25-12-16/h4,9-10,12,15H,2-3,5-8,11,13-14H2,1H3/t15-/m0/s1. The smallest absolute Gasteiger partial charge is 0.248 e. The van der Waals surface area contributed by atoms with E-state index in [1.54, 1.807) is 12.5 Å². The first-order valence-electron chi connectivity index (χ1n) is 9.37. The SMILES string of the molecule is C[C@H]1c2ncc(COCC(=O)N3CCCC3)n2CCN1Cc1ccoc1. The van der Waals surface area contributed by atoms with Gasteiger partial charge in [-0.05, 0) is 25.8 Å². The van der Waals surface area contributed by atoms with Crippen molar-refractivity contribution in [3.63, 3.8) is 0 Å². The predicted octanol–water partition coefficient (Wildman–Crippen LogP) is 2.19. The number of furan rings is 1. The number of likely N-dealkylation sites (tertiary alicyclic amines) is 1. The van der Waals surface area contributed by atoms with Crippen molar-refractivity contribution in [2.75, 3.05) is 26.2 Å². The van der Waals surface area contributed by atoms with Gasteiger partial charge >= 0.3 is 0 Å². The van der Waals surface area contributed by atoms with Crippen LogP contribution in [0.4, 0.5) is 0 Å². The van der Waals surface area contributed by atoms with E-state index in [1.807, 2.05) is 17.2 Å². The summed E-state index contributed by atoms with van der Waals surface area (Å²) in [5.41, 5.74) is 2.23. The Morgan fingerprint density at radius 3 is 2.92 bits per heavy atom. The first-order valence-corrected chi connectivity index (χ1v) is 9.37. The van der Waals surface area contributed by atoms with E-state index in [2.05, 4.69) is 21.4 Å². The molecule has 4 rings (SSSR count). The molecule has 0 aliphatic carbocycles. The van der Waals surface area contributed by atoms with Gasteiger partial charge in [0.05, 0.1) is 37.1 Å². The monoisotopic (exact) mass is 358 g/mol. The number of ether oxygens (including phenoxy) is 1. The lowest BCUT2D eigenvalue weighted by molar-refractivity contribution is -0.135. The second kappa shape index (κ2) is 7.63. The minimum absolute atomic E-state index is 0.0977. The highest BCUT2D eigenvalue weighted by atomic mass is 16.5. The molecule has 1 fully saturated rings. The molecule has 0 radical (unpaired) electrons. The Labute approximate surface area is 153 Å². The number of carbonyl (C=O) groups excluding carboxylic acids is 1. The van der Waals surface area contributed by atoms with Crippen LogP contribution in [0.5, 0.6) is 0 Å². The molecule has 1 amide bonds. The van der Waals surface area contributed by atoms with E-state index < -0.39 is 0 Å². The molecule has 0 spiro atoms. The van der Waals surface area contributed by atoms with Gasteiger partial charge in [0, 0.05) is 38.3 Å². The van der Waals surface area contributed by atoms with Crippen molar-refractivity contribution >= 4 is 5.91 Å². The highest BCUT2D eigenvalue weighted by Crippen LogP contribution is 2.27. The number of carbonyl (C=O) groups is 1. The average molecular weight is 358 g/mol. The van der Waals surface area contributed by atoms with Gasteiger partial charge in [-0.3, -0.25) is 9.69 Å². The van der Waals surface area contributed by atoms with Crippen LogP contribution in [0, 0.1) is 0 Å². The van der Waals surface area contributed by atoms with Crippen LogP contribution >= 0.6 is 0 Å². The third-order valence-corrected chi connectivity index (χ3v) is 5.40. The lowest BCUT2D eigenvalue weighted by Crippen LogP contribution is -2.37. The van der Waals surface area contributed by atoms with Gasteiger partial charge in [-0.1, -0.05) is 0 Å². The summed E-state index contributed by atoms with van der Waals surface area (Å²) in [5, 5.41) is 0. The van der Waals surface area contributed by atoms with E-state index in [9.17, 15) is 4.79 Å². The van der Waals surface area contributed by atoms with Crippen LogP contribution in [-0.4, -0.2) is 51.5 Å². The maximum absolute atomic E-state index is 12.1. The molecular formula is C19H26N4O3. The number of aromatic nitrogens is 2. The number of nitrogens with zero attached hydrogens (tertiary/aromatic N) is 4. The van der Waals surface area contributed by atoms with Crippen molar-refractivity contribution in [2.24, 2.45) is 0 Å². The molecule has 0 unspecified atom stereocenters. The van der Waals surface area contributed by atoms with Crippen LogP contribution in [0.25, 0.3) is 0 Å². The number of amides is 1. The van der Waals surface area contributed by atoms with Crippen LogP contribution in [0.2, 0.25) is 0 Å². The third-order valence-electron chi connectivity index (χ3n) is 5.40. The summed E-state index contributed by atoms with van der Waals surface area (Å²) in [6, 6.07) is 2.24. The molecule has 0 N–H and O–H groups in total. The Morgan fingerprint density at radius 2 is 2.15 bits per heavy atom. The maximum atomic E-state index is 12.1. The summed E-state index contributed by atoms with van der Waals surface area (Å²) in [4.78, 5) is 21.0. The Hall–Kier alpha value is -2.12. The van der Waals surface area contributed by atoms with Gasteiger partial charge < -0.3 is 18.6 Å². The highest BCUT2D eigenvalue weighted by Gasteiger charge is 2.27. The minimum Gasteiger partial charge on any atom is -0.472 e. The lowest BCUT2D eigenvalue weighted by atomic mass is 10.2. The summed E-state index contributed by atoms with van der Waals surface area (Å²) >= 11 is 0. The van der Waals surface area contributed by atoms with E-state index in [0.29, 0.717) is 6.61 Å². The van der Waals surface area contributed by atoms with Crippen molar-refractivity contribution < 1.29 is 13.9 Å². The van der Waals surface area contributed by atoms with Crippen molar-refractivity contribution in [1.29, 1.82) is 0 Å². The van der Waals surface area contributed by atoms with Crippen LogP contribution in [0.15, 0.2) is 29.2 Å².